The second kappa shape index (κ2) is 23.4. The minimum atomic E-state index is 0.0135. The van der Waals surface area contributed by atoms with E-state index < -0.39 is 0 Å². The summed E-state index contributed by atoms with van der Waals surface area (Å²) in [4.78, 5) is 19.8. The molecule has 4 rings (SSSR count). The zero-order valence-corrected chi connectivity index (χ0v) is 32.4. The van der Waals surface area contributed by atoms with Crippen molar-refractivity contribution in [3.63, 3.8) is 0 Å². The second-order valence-corrected chi connectivity index (χ2v) is 13.1. The molecule has 264 valence electrons. The van der Waals surface area contributed by atoms with Crippen molar-refractivity contribution < 1.29 is 9.53 Å². The average molecular weight is 704 g/mol. The number of halogens is 1. The average Bonchev–Trinajstić information content (AvgIpc) is 3.06. The molecule has 0 aliphatic rings. The third-order valence-electron chi connectivity index (χ3n) is 7.32. The number of thioether (sulfide) groups is 1. The minimum Gasteiger partial charge on any atom is -0.497 e. The van der Waals surface area contributed by atoms with Crippen LogP contribution in [0.4, 0.5) is 0 Å². The van der Waals surface area contributed by atoms with Gasteiger partial charge < -0.3 is 20.9 Å². The number of hydrogen-bond acceptors (Lipinski definition) is 7. The fraction of sp³-hybridized carbons (Fsp3) is 0.375. The number of amides is 1. The zero-order chi connectivity index (χ0) is 36.9. The number of carbonyl (C=O) groups is 1. The van der Waals surface area contributed by atoms with E-state index in [1.54, 1.807) is 25.8 Å². The van der Waals surface area contributed by atoms with E-state index in [9.17, 15) is 4.79 Å². The van der Waals surface area contributed by atoms with Crippen LogP contribution in [-0.2, 0) is 11.2 Å². The highest BCUT2D eigenvalue weighted by atomic mass is 35.5. The van der Waals surface area contributed by atoms with Crippen LogP contribution in [0.5, 0.6) is 5.75 Å². The van der Waals surface area contributed by atoms with Crippen LogP contribution >= 0.6 is 23.4 Å². The lowest BCUT2D eigenvalue weighted by molar-refractivity contribution is -0.118. The number of nitrogens with zero attached hydrogens (tertiary/aromatic N) is 2. The SMILES string of the molecule is CC(=O)NCCc1ccc2cc(C)cnc2c1.CCC(C)C(C)=N.COc1ccc(C)c(C(=NCC(C)=N)c2ccc(Cl)cc2)c1.CSC. The van der Waals surface area contributed by atoms with Crippen molar-refractivity contribution in [2.75, 3.05) is 32.7 Å². The molecule has 0 fully saturated rings. The van der Waals surface area contributed by atoms with Gasteiger partial charge in [0.1, 0.15) is 5.75 Å². The lowest BCUT2D eigenvalue weighted by Gasteiger charge is -2.12. The van der Waals surface area contributed by atoms with Gasteiger partial charge in [-0.05, 0) is 112 Å². The number of aryl methyl sites for hydroxylation is 2. The van der Waals surface area contributed by atoms with E-state index in [-0.39, 0.29) is 5.91 Å². The molecule has 7 nitrogen and oxygen atoms in total. The van der Waals surface area contributed by atoms with Gasteiger partial charge in [0.2, 0.25) is 5.91 Å². The molecule has 1 aromatic heterocycles. The van der Waals surface area contributed by atoms with E-state index in [1.807, 2.05) is 81.9 Å². The summed E-state index contributed by atoms with van der Waals surface area (Å²) >= 11 is 7.72. The van der Waals surface area contributed by atoms with Crippen LogP contribution in [0.2, 0.25) is 5.02 Å². The van der Waals surface area contributed by atoms with Crippen molar-refractivity contribution in [2.24, 2.45) is 10.9 Å². The first kappa shape index (κ1) is 43.0. The maximum Gasteiger partial charge on any atom is 0.216 e. The number of pyridine rings is 1. The number of methoxy groups -OCH3 is 1. The van der Waals surface area contributed by atoms with Gasteiger partial charge in [-0.3, -0.25) is 14.8 Å². The number of aliphatic imine (C=N–C) groups is 1. The smallest absolute Gasteiger partial charge is 0.216 e. The fourth-order valence-corrected chi connectivity index (χ4v) is 4.37. The Labute approximate surface area is 303 Å². The Morgan fingerprint density at radius 3 is 2.18 bits per heavy atom. The molecule has 0 saturated heterocycles. The summed E-state index contributed by atoms with van der Waals surface area (Å²) in [6, 6.07) is 21.9. The molecular formula is C40H54ClN5O2S. The van der Waals surface area contributed by atoms with E-state index >= 15 is 0 Å². The Morgan fingerprint density at radius 1 is 1.00 bits per heavy atom. The predicted molar refractivity (Wildman–Crippen MR) is 214 cm³/mol. The molecule has 0 aliphatic carbocycles. The number of nitrogens with one attached hydrogen (secondary N) is 3. The molecule has 1 heterocycles. The molecule has 0 bridgehead atoms. The van der Waals surface area contributed by atoms with Crippen molar-refractivity contribution in [3.05, 3.63) is 106 Å². The second-order valence-electron chi connectivity index (χ2n) is 11.8. The highest BCUT2D eigenvalue weighted by Gasteiger charge is 2.11. The van der Waals surface area contributed by atoms with Crippen molar-refractivity contribution in [1.82, 2.24) is 10.3 Å². The first-order valence-electron chi connectivity index (χ1n) is 16.3. The minimum absolute atomic E-state index is 0.0135. The van der Waals surface area contributed by atoms with Crippen LogP contribution < -0.4 is 10.1 Å². The zero-order valence-electron chi connectivity index (χ0n) is 30.8. The van der Waals surface area contributed by atoms with E-state index in [4.69, 9.17) is 27.2 Å². The summed E-state index contributed by atoms with van der Waals surface area (Å²) in [6.45, 7) is 14.4. The Hall–Kier alpha value is -4.01. The number of ether oxygens (including phenoxy) is 1. The van der Waals surface area contributed by atoms with Gasteiger partial charge in [0, 0.05) is 52.6 Å². The molecule has 1 atom stereocenters. The largest absolute Gasteiger partial charge is 0.497 e. The van der Waals surface area contributed by atoms with Crippen molar-refractivity contribution >= 4 is 57.3 Å². The fourth-order valence-electron chi connectivity index (χ4n) is 4.24. The highest BCUT2D eigenvalue weighted by Crippen LogP contribution is 2.22. The Kier molecular flexibility index (Phi) is 20.5. The third kappa shape index (κ3) is 16.8. The quantitative estimate of drug-likeness (QED) is 0.143. The maximum atomic E-state index is 10.8. The van der Waals surface area contributed by atoms with Gasteiger partial charge in [-0.1, -0.05) is 55.8 Å². The first-order chi connectivity index (χ1) is 23.3. The van der Waals surface area contributed by atoms with Crippen molar-refractivity contribution in [1.29, 1.82) is 10.8 Å². The van der Waals surface area contributed by atoms with Gasteiger partial charge in [0.15, 0.2) is 0 Å². The van der Waals surface area contributed by atoms with Crippen LogP contribution in [0.25, 0.3) is 10.9 Å². The Bertz CT molecular complexity index is 1670. The first-order valence-corrected chi connectivity index (χ1v) is 18.3. The molecule has 0 spiro atoms. The van der Waals surface area contributed by atoms with Gasteiger partial charge in [-0.25, -0.2) is 0 Å². The lowest BCUT2D eigenvalue weighted by Crippen LogP contribution is -2.22. The molecule has 4 aromatic rings. The van der Waals surface area contributed by atoms with Gasteiger partial charge >= 0.3 is 0 Å². The van der Waals surface area contributed by atoms with E-state index in [2.05, 4.69) is 53.4 Å². The summed E-state index contributed by atoms with van der Waals surface area (Å²) in [6.07, 6.45) is 7.89. The normalized spacial score (nSPS) is 11.0. The van der Waals surface area contributed by atoms with Crippen molar-refractivity contribution in [3.8, 4) is 5.75 Å². The van der Waals surface area contributed by atoms with Gasteiger partial charge in [0.05, 0.1) is 24.9 Å². The molecular weight excluding hydrogens is 650 g/mol. The standard InChI is InChI=1S/C18H19ClN2O.C14H16N2O.C6H13N.C2H6S/c1-12-4-9-16(22-3)10-17(12)18(21-11-13(2)20)14-5-7-15(19)8-6-14;1-10-7-13-4-3-12(5-6-15-11(2)17)8-14(13)16-9-10;1-4-5(2)6(3)7;1-3-2/h4-10,20H,11H2,1-3H3;3-4,7-9H,5-6H2,1-2H3,(H,15,17);5,7H,4H2,1-3H3;1-2H3. The molecule has 1 unspecified atom stereocenters. The molecule has 3 N–H and O–H groups in total. The van der Waals surface area contributed by atoms with Gasteiger partial charge in [-0.15, -0.1) is 0 Å². The van der Waals surface area contributed by atoms with E-state index in [1.165, 1.54) is 18.1 Å². The number of benzene rings is 3. The predicted octanol–water partition coefficient (Wildman–Crippen LogP) is 9.81. The number of fused-ring (bicyclic) bond motifs is 1. The van der Waals surface area contributed by atoms with Crippen LogP contribution in [0.3, 0.4) is 0 Å². The molecule has 0 saturated carbocycles. The maximum absolute atomic E-state index is 10.8. The number of hydrogen-bond donors (Lipinski definition) is 3. The van der Waals surface area contributed by atoms with Gasteiger partial charge in [0.25, 0.3) is 0 Å². The monoisotopic (exact) mass is 703 g/mol. The molecule has 0 aliphatic heterocycles. The molecule has 1 amide bonds. The van der Waals surface area contributed by atoms with Crippen molar-refractivity contribution in [2.45, 2.75) is 61.3 Å². The number of carbonyl (C=O) groups excluding carboxylic acids is 1. The number of rotatable bonds is 10. The molecule has 49 heavy (non-hydrogen) atoms. The summed E-state index contributed by atoms with van der Waals surface area (Å²) in [7, 11) is 1.65. The topological polar surface area (TPSA) is 111 Å². The van der Waals surface area contributed by atoms with E-state index in [0.29, 0.717) is 29.7 Å². The lowest BCUT2D eigenvalue weighted by atomic mass is 9.97. The van der Waals surface area contributed by atoms with Crippen LogP contribution in [0, 0.1) is 30.6 Å². The highest BCUT2D eigenvalue weighted by molar-refractivity contribution is 7.97. The molecule has 0 radical (unpaired) electrons. The molecule has 3 aromatic carbocycles. The summed E-state index contributed by atoms with van der Waals surface area (Å²) in [5.41, 5.74) is 8.62. The van der Waals surface area contributed by atoms with Crippen LogP contribution in [-0.4, -0.2) is 60.7 Å². The Morgan fingerprint density at radius 2 is 1.65 bits per heavy atom. The summed E-state index contributed by atoms with van der Waals surface area (Å²) in [5, 5.41) is 19.4. The Balaban J connectivity index is 0.000000392. The third-order valence-corrected chi connectivity index (χ3v) is 7.57. The van der Waals surface area contributed by atoms with Gasteiger partial charge in [-0.2, -0.15) is 11.8 Å². The van der Waals surface area contributed by atoms with Crippen LogP contribution in [0.1, 0.15) is 68.9 Å². The van der Waals surface area contributed by atoms with Crippen LogP contribution in [0.15, 0.2) is 77.9 Å². The van der Waals surface area contributed by atoms with E-state index in [0.717, 1.165) is 57.6 Å². The summed E-state index contributed by atoms with van der Waals surface area (Å²) < 4.78 is 5.32. The summed E-state index contributed by atoms with van der Waals surface area (Å²) in [5.74, 6) is 1.29. The molecule has 9 heteroatoms. The number of aromatic nitrogens is 1.